The minimum Gasteiger partial charge on any atom is -0.462 e. The van der Waals surface area contributed by atoms with Crippen LogP contribution in [0.4, 0.5) is 13.2 Å². The SMILES string of the molecule is CC(=O)O[C@@H]1CCC[C@H](OCc2nc(-c3ccc(F)cc3)oc2C)C1.Cc1oc(-c2ccc(F)cc2)nc1COC1CCCC(O)C1.Cc1oc(-c2ccc(F)cc2)nc1CO[C@H]1CCC[C@@H](O)C1. The van der Waals surface area contributed by atoms with Gasteiger partial charge in [0.25, 0.3) is 0 Å². The van der Waals surface area contributed by atoms with Crippen molar-refractivity contribution in [3.05, 3.63) is 125 Å². The number of aryl methyl sites for hydroxylation is 3. The molecule has 0 aliphatic heterocycles. The Balaban J connectivity index is 0.000000153. The molecule has 6 atom stereocenters. The van der Waals surface area contributed by atoms with Gasteiger partial charge in [-0.3, -0.25) is 4.79 Å². The number of halogens is 3. The first-order valence-corrected chi connectivity index (χ1v) is 23.8. The fourth-order valence-corrected chi connectivity index (χ4v) is 8.56. The average molecular weight is 958 g/mol. The highest BCUT2D eigenvalue weighted by Crippen LogP contribution is 2.29. The van der Waals surface area contributed by atoms with Crippen LogP contribution in [-0.4, -0.2) is 67.8 Å². The van der Waals surface area contributed by atoms with Crippen molar-refractivity contribution in [1.82, 2.24) is 15.0 Å². The van der Waals surface area contributed by atoms with Crippen molar-refractivity contribution < 1.29 is 60.4 Å². The largest absolute Gasteiger partial charge is 0.462 e. The van der Waals surface area contributed by atoms with Crippen LogP contribution in [0.3, 0.4) is 0 Å². The number of ether oxygens (including phenoxy) is 4. The van der Waals surface area contributed by atoms with Crippen LogP contribution in [-0.2, 0) is 43.6 Å². The van der Waals surface area contributed by atoms with Gasteiger partial charge in [0, 0.05) is 30.0 Å². The number of aliphatic hydroxyl groups is 2. The van der Waals surface area contributed by atoms with Gasteiger partial charge in [0.1, 0.15) is 57.9 Å². The number of benzene rings is 3. The summed E-state index contributed by atoms with van der Waals surface area (Å²) >= 11 is 0. The number of aromatic nitrogens is 3. The zero-order chi connectivity index (χ0) is 48.9. The maximum absolute atomic E-state index is 13.0. The Labute approximate surface area is 400 Å². The van der Waals surface area contributed by atoms with Crippen molar-refractivity contribution in [3.63, 3.8) is 0 Å². The van der Waals surface area contributed by atoms with Crippen LogP contribution in [0.15, 0.2) is 86.0 Å². The molecule has 0 bridgehead atoms. The number of nitrogens with zero attached hydrogens (tertiary/aromatic N) is 3. The minimum absolute atomic E-state index is 0.0449. The van der Waals surface area contributed by atoms with Crippen LogP contribution in [0.2, 0.25) is 0 Å². The van der Waals surface area contributed by atoms with Gasteiger partial charge in [-0.1, -0.05) is 0 Å². The molecule has 0 saturated heterocycles. The highest BCUT2D eigenvalue weighted by atomic mass is 19.1. The summed E-state index contributed by atoms with van der Waals surface area (Å²) in [6, 6.07) is 18.1. The maximum atomic E-state index is 13.0. The smallest absolute Gasteiger partial charge is 0.302 e. The van der Waals surface area contributed by atoms with Crippen LogP contribution in [0.5, 0.6) is 0 Å². The van der Waals surface area contributed by atoms with E-state index in [0.29, 0.717) is 74.0 Å². The second-order valence-electron chi connectivity index (χ2n) is 17.9. The Hall–Kier alpha value is -5.65. The van der Waals surface area contributed by atoms with E-state index in [1.807, 2.05) is 20.8 Å². The zero-order valence-electron chi connectivity index (χ0n) is 39.6. The molecule has 0 spiro atoms. The van der Waals surface area contributed by atoms with Crippen molar-refractivity contribution in [2.45, 2.75) is 161 Å². The highest BCUT2D eigenvalue weighted by Gasteiger charge is 2.26. The molecule has 13 nitrogen and oxygen atoms in total. The van der Waals surface area contributed by atoms with Gasteiger partial charge in [0.05, 0.1) is 50.3 Å². The molecular formula is C53H62F3N3O10. The summed E-state index contributed by atoms with van der Waals surface area (Å²) < 4.78 is 78.8. The summed E-state index contributed by atoms with van der Waals surface area (Å²) in [4.78, 5) is 24.4. The molecule has 3 aliphatic rings. The molecule has 3 aromatic heterocycles. The molecule has 2 unspecified atom stereocenters. The van der Waals surface area contributed by atoms with E-state index in [1.54, 1.807) is 36.4 Å². The number of rotatable bonds is 13. The third-order valence-electron chi connectivity index (χ3n) is 12.4. The van der Waals surface area contributed by atoms with Gasteiger partial charge in [-0.15, -0.1) is 0 Å². The lowest BCUT2D eigenvalue weighted by molar-refractivity contribution is -0.150. The van der Waals surface area contributed by atoms with Gasteiger partial charge in [0.15, 0.2) is 0 Å². The number of hydrogen-bond acceptors (Lipinski definition) is 13. The molecule has 3 aliphatic carbocycles. The third kappa shape index (κ3) is 15.4. The van der Waals surface area contributed by atoms with E-state index in [4.69, 9.17) is 32.2 Å². The minimum atomic E-state index is -0.296. The topological polar surface area (TPSA) is 173 Å². The molecular weight excluding hydrogens is 896 g/mol. The fraction of sp³-hybridized carbons (Fsp3) is 0.472. The molecule has 3 heterocycles. The number of aliphatic hydroxyl groups excluding tert-OH is 2. The van der Waals surface area contributed by atoms with Crippen molar-refractivity contribution in [2.24, 2.45) is 0 Å². The van der Waals surface area contributed by atoms with Crippen LogP contribution in [0.1, 0.15) is 118 Å². The monoisotopic (exact) mass is 957 g/mol. The van der Waals surface area contributed by atoms with Crippen LogP contribution < -0.4 is 0 Å². The summed E-state index contributed by atoms with van der Waals surface area (Å²) in [7, 11) is 0. The quantitative estimate of drug-likeness (QED) is 0.105. The number of esters is 1. The molecule has 0 amide bonds. The first-order valence-electron chi connectivity index (χ1n) is 23.8. The third-order valence-corrected chi connectivity index (χ3v) is 12.4. The predicted molar refractivity (Wildman–Crippen MR) is 249 cm³/mol. The van der Waals surface area contributed by atoms with Gasteiger partial charge in [-0.25, -0.2) is 28.1 Å². The number of hydrogen-bond donors (Lipinski definition) is 2. The lowest BCUT2D eigenvalue weighted by atomic mass is 9.95. The Morgan fingerprint density at radius 3 is 1.13 bits per heavy atom. The van der Waals surface area contributed by atoms with Gasteiger partial charge in [-0.2, -0.15) is 0 Å². The lowest BCUT2D eigenvalue weighted by Gasteiger charge is -2.28. The van der Waals surface area contributed by atoms with Gasteiger partial charge in [0.2, 0.25) is 17.7 Å². The maximum Gasteiger partial charge on any atom is 0.302 e. The molecule has 69 heavy (non-hydrogen) atoms. The molecule has 370 valence electrons. The van der Waals surface area contributed by atoms with E-state index in [0.717, 1.165) is 91.6 Å². The molecule has 0 radical (unpaired) electrons. The van der Waals surface area contributed by atoms with E-state index < -0.39 is 0 Å². The first-order chi connectivity index (χ1) is 33.2. The molecule has 3 saturated carbocycles. The second kappa shape index (κ2) is 24.8. The van der Waals surface area contributed by atoms with E-state index in [-0.39, 0.29) is 60.0 Å². The summed E-state index contributed by atoms with van der Waals surface area (Å²) in [5.74, 6) is 2.38. The number of oxazole rings is 3. The summed E-state index contributed by atoms with van der Waals surface area (Å²) in [5, 5.41) is 19.3. The highest BCUT2D eigenvalue weighted by molar-refractivity contribution is 5.66. The van der Waals surface area contributed by atoms with E-state index in [9.17, 15) is 28.2 Å². The molecule has 6 aromatic rings. The summed E-state index contributed by atoms with van der Waals surface area (Å²) in [5.41, 5.74) is 4.43. The van der Waals surface area contributed by atoms with Crippen molar-refractivity contribution in [1.29, 1.82) is 0 Å². The summed E-state index contributed by atoms with van der Waals surface area (Å²) in [6.45, 7) is 8.03. The number of carbonyl (C=O) groups is 1. The Bertz CT molecular complexity index is 2410. The number of carbonyl (C=O) groups excluding carboxylic acids is 1. The first kappa shape index (κ1) is 51.2. The Morgan fingerprint density at radius 2 is 0.812 bits per heavy atom. The normalized spacial score (nSPS) is 21.4. The van der Waals surface area contributed by atoms with Gasteiger partial charge < -0.3 is 42.4 Å². The summed E-state index contributed by atoms with van der Waals surface area (Å²) in [6.07, 6.45) is 10.1. The second-order valence-corrected chi connectivity index (χ2v) is 17.9. The van der Waals surface area contributed by atoms with E-state index in [2.05, 4.69) is 15.0 Å². The molecule has 16 heteroatoms. The van der Waals surface area contributed by atoms with Gasteiger partial charge >= 0.3 is 5.97 Å². The van der Waals surface area contributed by atoms with Crippen molar-refractivity contribution >= 4 is 5.97 Å². The van der Waals surface area contributed by atoms with E-state index in [1.165, 1.54) is 43.3 Å². The molecule has 3 fully saturated rings. The fourth-order valence-electron chi connectivity index (χ4n) is 8.56. The van der Waals surface area contributed by atoms with Crippen LogP contribution >= 0.6 is 0 Å². The Morgan fingerprint density at radius 1 is 0.507 bits per heavy atom. The standard InChI is InChI=1S/C19H22FNO4.2C17H20FNO3/c1-12-18(21-19(24-12)14-6-8-15(20)9-7-14)11-23-16-4-3-5-17(10-16)25-13(2)22;2*1-11-16(10-21-15-4-2-3-14(20)9-15)19-17(22-11)12-5-7-13(18)8-6-12/h6-9,16-17H,3-5,10-11H2,1-2H3;2*5-8,14-15,20H,2-4,9-10H2,1H3/t16-,17+;14-,15+;/m01./s1. The van der Waals surface area contributed by atoms with Crippen molar-refractivity contribution in [3.8, 4) is 34.4 Å². The average Bonchev–Trinajstić information content (AvgIpc) is 4.02. The lowest BCUT2D eigenvalue weighted by Crippen LogP contribution is -2.29. The van der Waals surface area contributed by atoms with Crippen LogP contribution in [0, 0.1) is 38.2 Å². The molecule has 3 aromatic carbocycles. The van der Waals surface area contributed by atoms with Gasteiger partial charge in [-0.05, 0) is 164 Å². The Kier molecular flexibility index (Phi) is 18.4. The van der Waals surface area contributed by atoms with Crippen molar-refractivity contribution in [2.75, 3.05) is 0 Å². The predicted octanol–water partition coefficient (Wildman–Crippen LogP) is 11.4. The van der Waals surface area contributed by atoms with Crippen LogP contribution in [0.25, 0.3) is 34.4 Å². The van der Waals surface area contributed by atoms with E-state index >= 15 is 0 Å². The zero-order valence-corrected chi connectivity index (χ0v) is 39.6. The molecule has 9 rings (SSSR count). The molecule has 2 N–H and O–H groups in total.